The first kappa shape index (κ1) is 28.2. The van der Waals surface area contributed by atoms with Gasteiger partial charge in [-0.2, -0.15) is 0 Å². The SMILES string of the molecule is CC(C)(C)c1ccc(O[C@@H](CC2C=CC(OCCN[C@H]3C4CN(CC5CCCCC5)C[C@@H]43)=CC2)C(=O)O)cc1. The summed E-state index contributed by atoms with van der Waals surface area (Å²) in [5.74, 6) is 3.29. The van der Waals surface area contributed by atoms with E-state index in [9.17, 15) is 9.90 Å². The van der Waals surface area contributed by atoms with Gasteiger partial charge in [-0.1, -0.05) is 58.2 Å². The summed E-state index contributed by atoms with van der Waals surface area (Å²) in [4.78, 5) is 14.6. The highest BCUT2D eigenvalue weighted by Crippen LogP contribution is 2.46. The smallest absolute Gasteiger partial charge is 0.344 e. The molecule has 6 nitrogen and oxygen atoms in total. The summed E-state index contributed by atoms with van der Waals surface area (Å²) in [7, 11) is 0. The van der Waals surface area contributed by atoms with Gasteiger partial charge in [0.05, 0.1) is 0 Å². The van der Waals surface area contributed by atoms with Crippen molar-refractivity contribution in [2.24, 2.45) is 23.7 Å². The van der Waals surface area contributed by atoms with E-state index in [2.05, 4.69) is 43.1 Å². The molecule has 5 rings (SSSR count). The number of carboxylic acids is 1. The van der Waals surface area contributed by atoms with Gasteiger partial charge in [0.2, 0.25) is 0 Å². The minimum Gasteiger partial charge on any atom is -0.493 e. The minimum absolute atomic E-state index is 0.0481. The molecule has 39 heavy (non-hydrogen) atoms. The van der Waals surface area contributed by atoms with Crippen molar-refractivity contribution in [3.05, 3.63) is 53.8 Å². The van der Waals surface area contributed by atoms with E-state index in [-0.39, 0.29) is 11.3 Å². The average molecular weight is 537 g/mol. The van der Waals surface area contributed by atoms with Crippen LogP contribution in [-0.2, 0) is 14.9 Å². The molecule has 0 radical (unpaired) electrons. The van der Waals surface area contributed by atoms with Gasteiger partial charge in [-0.25, -0.2) is 4.79 Å². The van der Waals surface area contributed by atoms with Crippen LogP contribution >= 0.6 is 0 Å². The maximum absolute atomic E-state index is 11.9. The summed E-state index contributed by atoms with van der Waals surface area (Å²) in [5.41, 5.74) is 1.24. The number of rotatable bonds is 12. The fraction of sp³-hybridized carbons (Fsp3) is 0.667. The standard InChI is InChI=1S/C33H48N2O4/c1-33(2,3)25-11-15-27(16-12-25)39-30(32(36)37)19-23-9-13-26(14-10-23)38-18-17-34-31-28-21-35(22-29(28)31)20-24-7-5-4-6-8-24/h9,11-16,23-24,28-31,34H,4-8,10,17-22H2,1-3H3,(H,36,37)/t23?,28-,29?,30-,31+/m0/s1. The number of fused-ring (bicyclic) bond motifs is 1. The van der Waals surface area contributed by atoms with Gasteiger partial charge in [-0.05, 0) is 78.2 Å². The molecular formula is C33H48N2O4. The van der Waals surface area contributed by atoms with Crippen LogP contribution in [0.4, 0.5) is 0 Å². The van der Waals surface area contributed by atoms with Crippen LogP contribution in [0.2, 0.25) is 0 Å². The van der Waals surface area contributed by atoms with E-state index in [0.717, 1.165) is 36.5 Å². The largest absolute Gasteiger partial charge is 0.493 e. The van der Waals surface area contributed by atoms with E-state index in [1.54, 1.807) is 0 Å². The van der Waals surface area contributed by atoms with Crippen molar-refractivity contribution in [1.29, 1.82) is 0 Å². The van der Waals surface area contributed by atoms with Crippen LogP contribution in [0.3, 0.4) is 0 Å². The van der Waals surface area contributed by atoms with Crippen LogP contribution in [0, 0.1) is 23.7 Å². The number of aliphatic carboxylic acids is 1. The first-order valence-electron chi connectivity index (χ1n) is 15.2. The van der Waals surface area contributed by atoms with Crippen molar-refractivity contribution >= 4 is 5.97 Å². The highest BCUT2D eigenvalue weighted by Gasteiger charge is 2.55. The van der Waals surface area contributed by atoms with Gasteiger partial charge in [0.25, 0.3) is 0 Å². The summed E-state index contributed by atoms with van der Waals surface area (Å²) >= 11 is 0. The summed E-state index contributed by atoms with van der Waals surface area (Å²) in [6, 6.07) is 8.44. The van der Waals surface area contributed by atoms with Crippen LogP contribution in [-0.4, -0.2) is 60.9 Å². The van der Waals surface area contributed by atoms with Gasteiger partial charge in [0.15, 0.2) is 6.10 Å². The number of benzene rings is 1. The third-order valence-corrected chi connectivity index (χ3v) is 9.21. The Bertz CT molecular complexity index is 1010. The second-order valence-corrected chi connectivity index (χ2v) is 13.3. The maximum atomic E-state index is 11.9. The van der Waals surface area contributed by atoms with E-state index in [0.29, 0.717) is 24.8 Å². The topological polar surface area (TPSA) is 71.0 Å². The normalized spacial score (nSPS) is 28.0. The van der Waals surface area contributed by atoms with Crippen LogP contribution in [0.1, 0.15) is 71.3 Å². The molecule has 2 unspecified atom stereocenters. The van der Waals surface area contributed by atoms with Crippen molar-refractivity contribution in [2.75, 3.05) is 32.8 Å². The van der Waals surface area contributed by atoms with Crippen molar-refractivity contribution < 1.29 is 19.4 Å². The molecule has 1 aliphatic heterocycles. The molecule has 2 N–H and O–H groups in total. The number of hydrogen-bond acceptors (Lipinski definition) is 5. The second-order valence-electron chi connectivity index (χ2n) is 13.3. The molecule has 1 saturated heterocycles. The van der Waals surface area contributed by atoms with Crippen LogP contribution < -0.4 is 10.1 Å². The highest BCUT2D eigenvalue weighted by atomic mass is 16.5. The number of nitrogens with one attached hydrogen (secondary N) is 1. The van der Waals surface area contributed by atoms with E-state index in [4.69, 9.17) is 9.47 Å². The van der Waals surface area contributed by atoms with Gasteiger partial charge >= 0.3 is 5.97 Å². The zero-order chi connectivity index (χ0) is 27.4. The lowest BCUT2D eigenvalue weighted by molar-refractivity contribution is -0.145. The first-order chi connectivity index (χ1) is 18.8. The van der Waals surface area contributed by atoms with Crippen LogP contribution in [0.15, 0.2) is 48.3 Å². The van der Waals surface area contributed by atoms with Gasteiger partial charge in [0.1, 0.15) is 18.1 Å². The molecule has 0 spiro atoms. The number of hydrogen-bond donors (Lipinski definition) is 2. The van der Waals surface area contributed by atoms with Gasteiger partial charge in [0, 0.05) is 38.6 Å². The molecule has 3 aliphatic carbocycles. The number of allylic oxidation sites excluding steroid dienone is 3. The lowest BCUT2D eigenvalue weighted by Crippen LogP contribution is -2.35. The summed E-state index contributed by atoms with van der Waals surface area (Å²) in [5, 5.41) is 13.5. The van der Waals surface area contributed by atoms with E-state index >= 15 is 0 Å². The van der Waals surface area contributed by atoms with E-state index in [1.165, 1.54) is 57.3 Å². The molecular weight excluding hydrogens is 488 g/mol. The lowest BCUT2D eigenvalue weighted by atomic mass is 9.87. The summed E-state index contributed by atoms with van der Waals surface area (Å²) in [6.45, 7) is 11.9. The Hall–Kier alpha value is -2.31. The molecule has 0 bridgehead atoms. The minimum atomic E-state index is -0.928. The first-order valence-corrected chi connectivity index (χ1v) is 15.2. The molecule has 6 heteroatoms. The van der Waals surface area contributed by atoms with Gasteiger partial charge in [-0.3, -0.25) is 0 Å². The van der Waals surface area contributed by atoms with Crippen molar-refractivity contribution in [3.63, 3.8) is 0 Å². The van der Waals surface area contributed by atoms with Gasteiger partial charge in [-0.15, -0.1) is 0 Å². The van der Waals surface area contributed by atoms with Crippen molar-refractivity contribution in [2.45, 2.75) is 83.3 Å². The molecule has 1 heterocycles. The Morgan fingerprint density at radius 2 is 1.82 bits per heavy atom. The molecule has 2 saturated carbocycles. The van der Waals surface area contributed by atoms with Gasteiger partial charge < -0.3 is 24.8 Å². The molecule has 1 aromatic rings. The fourth-order valence-corrected chi connectivity index (χ4v) is 6.79. The molecule has 0 aromatic heterocycles. The molecule has 1 aromatic carbocycles. The predicted octanol–water partition coefficient (Wildman–Crippen LogP) is 5.78. The number of ether oxygens (including phenoxy) is 2. The number of nitrogens with zero attached hydrogens (tertiary/aromatic N) is 1. The lowest BCUT2D eigenvalue weighted by Gasteiger charge is -2.28. The molecule has 0 amide bonds. The Morgan fingerprint density at radius 3 is 2.44 bits per heavy atom. The second kappa shape index (κ2) is 12.5. The Kier molecular flexibility index (Phi) is 9.02. The van der Waals surface area contributed by atoms with Crippen LogP contribution in [0.5, 0.6) is 5.75 Å². The number of likely N-dealkylation sites (tertiary alicyclic amines) is 1. The molecule has 3 fully saturated rings. The Balaban J connectivity index is 0.968. The summed E-state index contributed by atoms with van der Waals surface area (Å²) in [6.07, 6.45) is 13.6. The highest BCUT2D eigenvalue weighted by molar-refractivity contribution is 5.72. The fourth-order valence-electron chi connectivity index (χ4n) is 6.79. The molecule has 4 aliphatic rings. The third-order valence-electron chi connectivity index (χ3n) is 9.21. The van der Waals surface area contributed by atoms with E-state index < -0.39 is 12.1 Å². The number of carbonyl (C=O) groups is 1. The third kappa shape index (κ3) is 7.67. The maximum Gasteiger partial charge on any atom is 0.344 e. The van der Waals surface area contributed by atoms with Crippen LogP contribution in [0.25, 0.3) is 0 Å². The van der Waals surface area contributed by atoms with Crippen molar-refractivity contribution in [3.8, 4) is 5.75 Å². The Morgan fingerprint density at radius 1 is 1.10 bits per heavy atom. The number of carboxylic acid groups (broad SMARTS) is 1. The zero-order valence-corrected chi connectivity index (χ0v) is 24.1. The zero-order valence-electron chi connectivity index (χ0n) is 24.1. The number of piperidine rings is 1. The van der Waals surface area contributed by atoms with Crippen molar-refractivity contribution in [1.82, 2.24) is 10.2 Å². The van der Waals surface area contributed by atoms with E-state index in [1.807, 2.05) is 30.3 Å². The quantitative estimate of drug-likeness (QED) is 0.330. The Labute approximate surface area is 234 Å². The summed E-state index contributed by atoms with van der Waals surface area (Å²) < 4.78 is 11.9. The average Bonchev–Trinajstić information content (AvgIpc) is 3.37. The molecule has 5 atom stereocenters. The predicted molar refractivity (Wildman–Crippen MR) is 155 cm³/mol. The monoisotopic (exact) mass is 536 g/mol. The molecule has 214 valence electrons.